The van der Waals surface area contributed by atoms with Gasteiger partial charge in [0.25, 0.3) is 0 Å². The van der Waals surface area contributed by atoms with Crippen LogP contribution in [-0.4, -0.2) is 51.8 Å². The minimum Gasteiger partial charge on any atom is -0.477 e. The van der Waals surface area contributed by atoms with Gasteiger partial charge in [0, 0.05) is 25.8 Å². The Bertz CT molecular complexity index is 473. The summed E-state index contributed by atoms with van der Waals surface area (Å²) in [6, 6.07) is 2.63. The number of carboxylic acid groups (broad SMARTS) is 1. The van der Waals surface area contributed by atoms with Gasteiger partial charge in [0.2, 0.25) is 0 Å². The first-order chi connectivity index (χ1) is 9.58. The number of nitrogens with zero attached hydrogens (tertiary/aromatic N) is 2. The predicted molar refractivity (Wildman–Crippen MR) is 72.3 cm³/mol. The second-order valence-electron chi connectivity index (χ2n) is 3.97. The molecule has 0 aliphatic rings. The fourth-order valence-electron chi connectivity index (χ4n) is 1.50. The molecule has 7 nitrogen and oxygen atoms in total. The molecule has 3 N–H and O–H groups in total. The van der Waals surface area contributed by atoms with E-state index in [1.54, 1.807) is 12.1 Å². The maximum Gasteiger partial charge on any atom is 0.354 e. The first-order valence-electron chi connectivity index (χ1n) is 6.01. The average Bonchev–Trinajstić information content (AvgIpc) is 2.45. The quantitative estimate of drug-likeness (QED) is 0.630. The molecule has 0 bridgehead atoms. The third-order valence-corrected chi connectivity index (χ3v) is 2.49. The van der Waals surface area contributed by atoms with Crippen molar-refractivity contribution in [2.75, 3.05) is 19.7 Å². The summed E-state index contributed by atoms with van der Waals surface area (Å²) in [4.78, 5) is 27.6. The molecule has 0 radical (unpaired) electrons. The van der Waals surface area contributed by atoms with E-state index in [-0.39, 0.29) is 31.4 Å². The van der Waals surface area contributed by atoms with E-state index >= 15 is 0 Å². The number of aliphatic hydroxyl groups is 1. The zero-order chi connectivity index (χ0) is 15.0. The summed E-state index contributed by atoms with van der Waals surface area (Å²) < 4.78 is 0. The molecule has 0 spiro atoms. The SMILES string of the molecule is C=CCN(CCO)C(=O)NCc1ccc(C(=O)O)nc1. The smallest absolute Gasteiger partial charge is 0.354 e. The lowest BCUT2D eigenvalue weighted by Gasteiger charge is -2.20. The van der Waals surface area contributed by atoms with Gasteiger partial charge in [-0.05, 0) is 11.6 Å². The highest BCUT2D eigenvalue weighted by molar-refractivity contribution is 5.85. The van der Waals surface area contributed by atoms with Crippen molar-refractivity contribution in [2.45, 2.75) is 6.54 Å². The number of rotatable bonds is 7. The number of amides is 2. The van der Waals surface area contributed by atoms with E-state index in [0.29, 0.717) is 12.1 Å². The van der Waals surface area contributed by atoms with Gasteiger partial charge in [-0.2, -0.15) is 0 Å². The van der Waals surface area contributed by atoms with E-state index in [1.165, 1.54) is 17.2 Å². The molecule has 0 aliphatic heterocycles. The van der Waals surface area contributed by atoms with E-state index in [4.69, 9.17) is 10.2 Å². The molecular weight excluding hydrogens is 262 g/mol. The Hall–Kier alpha value is -2.41. The van der Waals surface area contributed by atoms with Crippen molar-refractivity contribution in [1.82, 2.24) is 15.2 Å². The molecule has 1 aromatic rings. The summed E-state index contributed by atoms with van der Waals surface area (Å²) >= 11 is 0. The van der Waals surface area contributed by atoms with Gasteiger partial charge < -0.3 is 20.4 Å². The largest absolute Gasteiger partial charge is 0.477 e. The number of aromatic nitrogens is 1. The molecule has 2 amide bonds. The van der Waals surface area contributed by atoms with Crippen molar-refractivity contribution >= 4 is 12.0 Å². The molecule has 0 atom stereocenters. The highest BCUT2D eigenvalue weighted by Crippen LogP contribution is 2.01. The Morgan fingerprint density at radius 1 is 1.45 bits per heavy atom. The Labute approximate surface area is 116 Å². The summed E-state index contributed by atoms with van der Waals surface area (Å²) in [5.74, 6) is -1.10. The monoisotopic (exact) mass is 279 g/mol. The van der Waals surface area contributed by atoms with E-state index < -0.39 is 5.97 Å². The van der Waals surface area contributed by atoms with Crippen LogP contribution < -0.4 is 5.32 Å². The normalized spacial score (nSPS) is 9.85. The molecule has 1 heterocycles. The van der Waals surface area contributed by atoms with Crippen LogP contribution in [0.15, 0.2) is 31.0 Å². The number of nitrogens with one attached hydrogen (secondary N) is 1. The molecule has 20 heavy (non-hydrogen) atoms. The fourth-order valence-corrected chi connectivity index (χ4v) is 1.50. The summed E-state index contributed by atoms with van der Waals surface area (Å²) in [6.45, 7) is 4.19. The highest BCUT2D eigenvalue weighted by atomic mass is 16.4. The minimum absolute atomic E-state index is 0.0476. The van der Waals surface area contributed by atoms with Crippen LogP contribution in [0.3, 0.4) is 0 Å². The lowest BCUT2D eigenvalue weighted by molar-refractivity contribution is 0.0690. The number of hydrogen-bond donors (Lipinski definition) is 3. The van der Waals surface area contributed by atoms with Gasteiger partial charge in [-0.15, -0.1) is 6.58 Å². The van der Waals surface area contributed by atoms with Gasteiger partial charge in [-0.25, -0.2) is 14.6 Å². The lowest BCUT2D eigenvalue weighted by Crippen LogP contribution is -2.41. The average molecular weight is 279 g/mol. The van der Waals surface area contributed by atoms with Gasteiger partial charge in [0.05, 0.1) is 6.61 Å². The summed E-state index contributed by atoms with van der Waals surface area (Å²) in [5.41, 5.74) is 0.638. The maximum absolute atomic E-state index is 11.8. The zero-order valence-corrected chi connectivity index (χ0v) is 11.0. The highest BCUT2D eigenvalue weighted by Gasteiger charge is 2.11. The maximum atomic E-state index is 11.8. The van der Waals surface area contributed by atoms with Crippen LogP contribution in [0.1, 0.15) is 16.1 Å². The van der Waals surface area contributed by atoms with Crippen molar-refractivity contribution < 1.29 is 19.8 Å². The van der Waals surface area contributed by atoms with Crippen LogP contribution in [0.25, 0.3) is 0 Å². The molecule has 0 aromatic carbocycles. The van der Waals surface area contributed by atoms with Crippen LogP contribution in [0, 0.1) is 0 Å². The Morgan fingerprint density at radius 2 is 2.20 bits per heavy atom. The van der Waals surface area contributed by atoms with E-state index in [9.17, 15) is 9.59 Å². The number of urea groups is 1. The van der Waals surface area contributed by atoms with Crippen LogP contribution in [-0.2, 0) is 6.54 Å². The van der Waals surface area contributed by atoms with Crippen LogP contribution >= 0.6 is 0 Å². The van der Waals surface area contributed by atoms with Crippen LogP contribution in [0.5, 0.6) is 0 Å². The summed E-state index contributed by atoms with van der Waals surface area (Å²) in [5, 5.41) is 20.2. The molecule has 7 heteroatoms. The van der Waals surface area contributed by atoms with E-state index in [2.05, 4.69) is 16.9 Å². The van der Waals surface area contributed by atoms with Gasteiger partial charge in [0.15, 0.2) is 0 Å². The molecule has 0 fully saturated rings. The topological polar surface area (TPSA) is 103 Å². The number of carbonyl (C=O) groups excluding carboxylic acids is 1. The second-order valence-corrected chi connectivity index (χ2v) is 3.97. The number of aliphatic hydroxyl groups excluding tert-OH is 1. The van der Waals surface area contributed by atoms with Crippen LogP contribution in [0.2, 0.25) is 0 Å². The molecule has 0 unspecified atom stereocenters. The molecule has 108 valence electrons. The van der Waals surface area contributed by atoms with Crippen LogP contribution in [0.4, 0.5) is 4.79 Å². The molecule has 0 saturated heterocycles. The predicted octanol–water partition coefficient (Wildman–Crippen LogP) is 0.470. The first-order valence-corrected chi connectivity index (χ1v) is 6.01. The van der Waals surface area contributed by atoms with Crippen molar-refractivity contribution in [3.8, 4) is 0 Å². The van der Waals surface area contributed by atoms with Crippen molar-refractivity contribution in [2.24, 2.45) is 0 Å². The van der Waals surface area contributed by atoms with Gasteiger partial charge in [0.1, 0.15) is 5.69 Å². The zero-order valence-electron chi connectivity index (χ0n) is 11.0. The number of carbonyl (C=O) groups is 2. The van der Waals surface area contributed by atoms with Crippen molar-refractivity contribution in [1.29, 1.82) is 0 Å². The fraction of sp³-hybridized carbons (Fsp3) is 0.308. The summed E-state index contributed by atoms with van der Waals surface area (Å²) in [6.07, 6.45) is 2.96. The van der Waals surface area contributed by atoms with Crippen molar-refractivity contribution in [3.63, 3.8) is 0 Å². The van der Waals surface area contributed by atoms with Gasteiger partial charge in [-0.3, -0.25) is 0 Å². The first kappa shape index (κ1) is 15.6. The van der Waals surface area contributed by atoms with E-state index in [0.717, 1.165) is 0 Å². The standard InChI is InChI=1S/C13H17N3O4/c1-2-5-16(6-7-17)13(20)15-9-10-3-4-11(12(18)19)14-8-10/h2-4,8,17H,1,5-7,9H2,(H,15,20)(H,18,19). The van der Waals surface area contributed by atoms with Gasteiger partial charge >= 0.3 is 12.0 Å². The number of carboxylic acids is 1. The lowest BCUT2D eigenvalue weighted by atomic mass is 10.2. The Balaban J connectivity index is 2.54. The molecule has 1 aromatic heterocycles. The molecule has 0 saturated carbocycles. The number of hydrogen-bond acceptors (Lipinski definition) is 4. The van der Waals surface area contributed by atoms with Crippen molar-refractivity contribution in [3.05, 3.63) is 42.2 Å². The van der Waals surface area contributed by atoms with Gasteiger partial charge in [-0.1, -0.05) is 12.1 Å². The number of aromatic carboxylic acids is 1. The molecular formula is C13H17N3O4. The number of pyridine rings is 1. The second kappa shape index (κ2) is 7.90. The van der Waals surface area contributed by atoms with E-state index in [1.807, 2.05) is 0 Å². The summed E-state index contributed by atoms with van der Waals surface area (Å²) in [7, 11) is 0. The Morgan fingerprint density at radius 3 is 2.70 bits per heavy atom. The molecule has 0 aliphatic carbocycles. The molecule has 1 rings (SSSR count). The minimum atomic E-state index is -1.10. The Kier molecular flexibility index (Phi) is 6.18. The third kappa shape index (κ3) is 4.69. The third-order valence-electron chi connectivity index (χ3n) is 2.49.